The average Bonchev–Trinajstić information content (AvgIpc) is 2.83. The van der Waals surface area contributed by atoms with Crippen molar-refractivity contribution in [3.05, 3.63) is 67.8 Å². The van der Waals surface area contributed by atoms with Crippen LogP contribution < -0.4 is 34.4 Å². The molecule has 40 heavy (non-hydrogen) atoms. The number of hydrogen-bond donors (Lipinski definition) is 6. The summed E-state index contributed by atoms with van der Waals surface area (Å²) in [6.45, 7) is 0. The van der Waals surface area contributed by atoms with Gasteiger partial charge in [-0.15, -0.1) is 0 Å². The molecule has 0 saturated heterocycles. The summed E-state index contributed by atoms with van der Waals surface area (Å²) in [6, 6.07) is 2.87. The minimum atomic E-state index is -1.26. The maximum absolute atomic E-state index is 13.8. The van der Waals surface area contributed by atoms with Crippen LogP contribution in [0.25, 0.3) is 21.5 Å². The zero-order valence-corrected chi connectivity index (χ0v) is 23.4. The van der Waals surface area contributed by atoms with Crippen molar-refractivity contribution in [2.45, 2.75) is 7.43 Å². The van der Waals surface area contributed by atoms with Gasteiger partial charge in [0.25, 0.3) is 11.4 Å². The third-order valence-corrected chi connectivity index (χ3v) is 5.19. The monoisotopic (exact) mass is 714 g/mol. The van der Waals surface area contributed by atoms with E-state index in [1.165, 1.54) is 0 Å². The second-order valence-corrected chi connectivity index (χ2v) is 11.6. The summed E-state index contributed by atoms with van der Waals surface area (Å²) in [5.41, 5.74) is 29.7. The fraction of sp³-hybridized carbons (Fsp3) is 0.0476. The Hall–Kier alpha value is -3.90. The molecule has 4 aromatic rings. The van der Waals surface area contributed by atoms with Crippen LogP contribution in [-0.2, 0) is 0 Å². The molecule has 0 aromatic heterocycles. The topological polar surface area (TPSA) is 242 Å². The van der Waals surface area contributed by atoms with Gasteiger partial charge < -0.3 is 34.4 Å². The third kappa shape index (κ3) is 6.45. The van der Waals surface area contributed by atoms with Gasteiger partial charge in [0.05, 0.1) is 55.5 Å². The van der Waals surface area contributed by atoms with E-state index in [0.29, 0.717) is 12.1 Å². The quantitative estimate of drug-likeness (QED) is 0.0523. The number of fused-ring (bicyclic) bond motifs is 2. The molecule has 0 aliphatic carbocycles. The molecule has 2 radical (unpaired) electrons. The molecule has 4 aromatic carbocycles. The molecule has 12 nitrogen and oxygen atoms in total. The molecule has 0 saturated carbocycles. The summed E-state index contributed by atoms with van der Waals surface area (Å²) in [7, 11) is 9.87. The van der Waals surface area contributed by atoms with E-state index in [1.54, 1.807) is 0 Å². The normalized spacial score (nSPS) is 10.2. The van der Waals surface area contributed by atoms with Gasteiger partial charge in [0.2, 0.25) is 0 Å². The molecule has 4 rings (SSSR count). The molecule has 0 bridgehead atoms. The van der Waals surface area contributed by atoms with Gasteiger partial charge in [-0.2, -0.15) is 0 Å². The molecule has 0 aliphatic rings. The molecule has 12 N–H and O–H groups in total. The Morgan fingerprint density at radius 2 is 0.800 bits per heavy atom. The molecule has 0 fully saturated rings. The van der Waals surface area contributed by atoms with Crippen molar-refractivity contribution in [2.24, 2.45) is 0 Å². The van der Waals surface area contributed by atoms with Crippen LogP contribution in [0.1, 0.15) is 7.43 Å². The van der Waals surface area contributed by atoms with Crippen molar-refractivity contribution in [1.29, 1.82) is 0 Å². The van der Waals surface area contributed by atoms with E-state index >= 15 is 0 Å². The van der Waals surface area contributed by atoms with E-state index in [1.807, 2.05) is 0 Å². The van der Waals surface area contributed by atoms with Crippen LogP contribution in [0.4, 0.5) is 63.1 Å². The zero-order chi connectivity index (χ0) is 29.9. The number of nitrogens with two attached hydrogens (primary N) is 6. The van der Waals surface area contributed by atoms with E-state index in [9.17, 15) is 37.8 Å². The Morgan fingerprint density at radius 1 is 0.575 bits per heavy atom. The van der Waals surface area contributed by atoms with Crippen LogP contribution in [0.5, 0.6) is 0 Å². The Bertz CT molecular complexity index is 1530. The first-order valence-corrected chi connectivity index (χ1v) is 17.1. The van der Waals surface area contributed by atoms with Crippen LogP contribution in [0.15, 0.2) is 24.3 Å². The van der Waals surface area contributed by atoms with Crippen LogP contribution in [0, 0.1) is 43.5 Å². The number of benzene rings is 4. The number of halogens is 6. The Labute approximate surface area is 240 Å². The first-order chi connectivity index (χ1) is 18.1. The van der Waals surface area contributed by atoms with E-state index in [4.69, 9.17) is 52.2 Å². The Balaban J connectivity index is 0.000000362. The van der Waals surface area contributed by atoms with Crippen molar-refractivity contribution in [3.63, 3.8) is 0 Å². The molecule has 0 amide bonds. The molecule has 0 heterocycles. The summed E-state index contributed by atoms with van der Waals surface area (Å²) in [5.74, 6) is -4.02. The molecule has 0 aliphatic heterocycles. The van der Waals surface area contributed by atoms with Crippen LogP contribution >= 0.6 is 17.8 Å². The van der Waals surface area contributed by atoms with Crippen molar-refractivity contribution < 1.29 is 27.4 Å². The second kappa shape index (κ2) is 13.4. The number of nitrogens with zero attached hydrogens (tertiary/aromatic N) is 2. The molecule has 0 unspecified atom stereocenters. The maximum atomic E-state index is 13.8. The zero-order valence-electron chi connectivity index (χ0n) is 19.1. The van der Waals surface area contributed by atoms with Gasteiger partial charge in [-0.25, -0.2) is 17.6 Å². The minimum absolute atomic E-state index is 0. The molecule has 0 spiro atoms. The van der Waals surface area contributed by atoms with E-state index in [-0.39, 0.29) is 40.9 Å². The van der Waals surface area contributed by atoms with Crippen LogP contribution in [0.2, 0.25) is 0 Å². The fourth-order valence-electron chi connectivity index (χ4n) is 3.49. The van der Waals surface area contributed by atoms with Crippen molar-refractivity contribution in [1.82, 2.24) is 0 Å². The number of anilines is 6. The summed E-state index contributed by atoms with van der Waals surface area (Å²) in [5, 5.41) is 19.8. The van der Waals surface area contributed by atoms with Gasteiger partial charge in [0.15, 0.2) is 0 Å². The van der Waals surface area contributed by atoms with Crippen molar-refractivity contribution in [3.8, 4) is 0 Å². The summed E-state index contributed by atoms with van der Waals surface area (Å²) in [6.07, 6.45) is 0. The molecular weight excluding hydrogens is 694 g/mol. The molecule has 214 valence electrons. The van der Waals surface area contributed by atoms with Gasteiger partial charge >= 0.3 is 36.7 Å². The number of nitrogen functional groups attached to an aromatic ring is 6. The predicted molar refractivity (Wildman–Crippen MR) is 152 cm³/mol. The van der Waals surface area contributed by atoms with Crippen molar-refractivity contribution in [2.75, 3.05) is 34.4 Å². The predicted octanol–water partition coefficient (Wildman–Crippen LogP) is 5.18. The van der Waals surface area contributed by atoms with Gasteiger partial charge in [-0.1, -0.05) is 7.43 Å². The molecule has 19 heteroatoms. The van der Waals surface area contributed by atoms with E-state index < -0.39 is 85.5 Å². The van der Waals surface area contributed by atoms with E-state index in [0.717, 1.165) is 12.1 Å². The second-order valence-electron chi connectivity index (χ2n) is 7.39. The SMILES string of the molecule is C.Nc1c([N+](=O)[O-])cc(F)c2c(N)c([N+](=O)[O-])cc(F)c12.Nc1cc(F)c2c(N)c(N)cc(F)c2c1N.[Cl][Sn][Cl]. The summed E-state index contributed by atoms with van der Waals surface area (Å²) in [4.78, 5) is 19.4. The number of nitro benzene ring substituents is 2. The van der Waals surface area contributed by atoms with Gasteiger partial charge in [0.1, 0.15) is 34.6 Å². The molecule has 0 atom stereocenters. The Morgan fingerprint density at radius 3 is 1.05 bits per heavy atom. The first-order valence-electron chi connectivity index (χ1n) is 9.85. The van der Waals surface area contributed by atoms with Crippen LogP contribution in [0.3, 0.4) is 0 Å². The Kier molecular flexibility index (Phi) is 11.5. The number of rotatable bonds is 2. The summed E-state index contributed by atoms with van der Waals surface area (Å²) < 4.78 is 54.9. The third-order valence-electron chi connectivity index (χ3n) is 5.19. The first kappa shape index (κ1) is 34.1. The van der Waals surface area contributed by atoms with Crippen LogP contribution in [-0.4, -0.2) is 28.7 Å². The average molecular weight is 714 g/mol. The molecular formula is C21H20Cl2F4N8O4Sn. The summed E-state index contributed by atoms with van der Waals surface area (Å²) >= 11 is -0.826. The van der Waals surface area contributed by atoms with E-state index in [2.05, 4.69) is 0 Å². The van der Waals surface area contributed by atoms with Gasteiger partial charge in [0, 0.05) is 10.8 Å². The van der Waals surface area contributed by atoms with Crippen molar-refractivity contribution >= 4 is 104 Å². The number of hydrogen-bond acceptors (Lipinski definition) is 10. The fourth-order valence-corrected chi connectivity index (χ4v) is 3.49. The van der Waals surface area contributed by atoms with Gasteiger partial charge in [-0.3, -0.25) is 20.2 Å². The van der Waals surface area contributed by atoms with Gasteiger partial charge in [-0.05, 0) is 12.1 Å². The standard InChI is InChI=1S/C10H6F2N4O4.C10H10F2N4.CH4.2ClH.Sn/c11-3-1-5(15(17)18)9(13)8-4(12)2-6(16(19)20)10(14)7(3)8;11-3-1-5(13)9(15)8-4(12)2-6(14)10(16)7(3)8;;;;/h1-2H,13-14H2;1-2H,13-16H2;1H4;2*1H;/q;;;;;+2/p-2. The number of nitro groups is 2.